The molecule has 58 valence electrons. The van der Waals surface area contributed by atoms with E-state index in [-0.39, 0.29) is 11.9 Å². The Kier molecular flexibility index (Phi) is 2.44. The Hall–Kier alpha value is -0.370. The van der Waals surface area contributed by atoms with Crippen LogP contribution in [0, 0.1) is 0 Å². The van der Waals surface area contributed by atoms with Crippen LogP contribution < -0.4 is 0 Å². The largest absolute Gasteiger partial charge is 0.371 e. The zero-order valence-electron chi connectivity index (χ0n) is 6.48. The predicted octanol–water partition coefficient (Wildman–Crippen LogP) is 2.43. The van der Waals surface area contributed by atoms with Gasteiger partial charge in [-0.3, -0.25) is 0 Å². The van der Waals surface area contributed by atoms with Crippen LogP contribution in [0.2, 0.25) is 0 Å². The third-order valence-corrected chi connectivity index (χ3v) is 1.89. The summed E-state index contributed by atoms with van der Waals surface area (Å²) in [4.78, 5) is 0. The molecular formula is C8H13FO. The summed E-state index contributed by atoms with van der Waals surface area (Å²) in [5.41, 5.74) is 0.929. The van der Waals surface area contributed by atoms with Gasteiger partial charge < -0.3 is 4.74 Å². The Bertz CT molecular complexity index is 151. The summed E-state index contributed by atoms with van der Waals surface area (Å²) >= 11 is 0. The van der Waals surface area contributed by atoms with Gasteiger partial charge in [0.2, 0.25) is 0 Å². The van der Waals surface area contributed by atoms with E-state index in [1.54, 1.807) is 6.92 Å². The molecule has 0 aliphatic carbocycles. The minimum Gasteiger partial charge on any atom is -0.371 e. The predicted molar refractivity (Wildman–Crippen MR) is 38.5 cm³/mol. The molecule has 0 N–H and O–H groups in total. The summed E-state index contributed by atoms with van der Waals surface area (Å²) in [6.45, 7) is 4.41. The van der Waals surface area contributed by atoms with Gasteiger partial charge in [0.15, 0.2) is 0 Å². The van der Waals surface area contributed by atoms with Crippen molar-refractivity contribution in [3.63, 3.8) is 0 Å². The van der Waals surface area contributed by atoms with Crippen molar-refractivity contribution in [2.75, 3.05) is 6.61 Å². The van der Waals surface area contributed by atoms with E-state index in [0.717, 1.165) is 18.4 Å². The van der Waals surface area contributed by atoms with Crippen molar-refractivity contribution in [2.24, 2.45) is 0 Å². The van der Waals surface area contributed by atoms with Crippen molar-refractivity contribution < 1.29 is 9.13 Å². The summed E-state index contributed by atoms with van der Waals surface area (Å²) in [7, 11) is 0. The fraction of sp³-hybridized carbons (Fsp3) is 0.750. The molecule has 0 aromatic rings. The lowest BCUT2D eigenvalue weighted by Gasteiger charge is -2.20. The minimum atomic E-state index is -0.302. The first-order chi connectivity index (χ1) is 4.75. The van der Waals surface area contributed by atoms with Gasteiger partial charge in [-0.05, 0) is 25.3 Å². The van der Waals surface area contributed by atoms with Crippen molar-refractivity contribution in [1.82, 2.24) is 0 Å². The SMILES string of the molecule is CCC1=C(F)C(C)OCC1. The van der Waals surface area contributed by atoms with Crippen LogP contribution in [0.1, 0.15) is 26.7 Å². The van der Waals surface area contributed by atoms with Gasteiger partial charge in [-0.1, -0.05) is 6.92 Å². The minimum absolute atomic E-state index is 0.0475. The molecule has 0 radical (unpaired) electrons. The maximum Gasteiger partial charge on any atom is 0.128 e. The molecule has 0 fully saturated rings. The lowest BCUT2D eigenvalue weighted by Crippen LogP contribution is -2.17. The first-order valence-corrected chi connectivity index (χ1v) is 3.74. The number of hydrogen-bond donors (Lipinski definition) is 0. The van der Waals surface area contributed by atoms with E-state index < -0.39 is 0 Å². The smallest absolute Gasteiger partial charge is 0.128 e. The fourth-order valence-corrected chi connectivity index (χ4v) is 1.18. The molecule has 0 amide bonds. The van der Waals surface area contributed by atoms with E-state index in [2.05, 4.69) is 0 Å². The zero-order valence-corrected chi connectivity index (χ0v) is 6.48. The van der Waals surface area contributed by atoms with Gasteiger partial charge in [-0.2, -0.15) is 0 Å². The van der Waals surface area contributed by atoms with Crippen LogP contribution in [-0.2, 0) is 4.74 Å². The molecule has 1 nitrogen and oxygen atoms in total. The summed E-state index contributed by atoms with van der Waals surface area (Å²) in [6.07, 6.45) is 1.29. The van der Waals surface area contributed by atoms with Crippen LogP contribution in [0.3, 0.4) is 0 Å². The molecule has 1 rings (SSSR count). The van der Waals surface area contributed by atoms with E-state index in [9.17, 15) is 4.39 Å². The molecule has 0 spiro atoms. The standard InChI is InChI=1S/C8H13FO/c1-3-7-4-5-10-6(2)8(7)9/h6H,3-5H2,1-2H3. The van der Waals surface area contributed by atoms with Crippen LogP contribution in [0.15, 0.2) is 11.4 Å². The summed E-state index contributed by atoms with van der Waals surface area (Å²) in [6, 6.07) is 0. The van der Waals surface area contributed by atoms with Crippen LogP contribution in [-0.4, -0.2) is 12.7 Å². The molecule has 0 saturated heterocycles. The average molecular weight is 144 g/mol. The third kappa shape index (κ3) is 1.37. The molecule has 0 saturated carbocycles. The maximum absolute atomic E-state index is 13.0. The molecule has 1 aliphatic heterocycles. The fourth-order valence-electron chi connectivity index (χ4n) is 1.18. The molecule has 1 atom stereocenters. The molecule has 1 aliphatic rings. The molecule has 1 heterocycles. The summed E-state index contributed by atoms with van der Waals surface area (Å²) < 4.78 is 18.1. The summed E-state index contributed by atoms with van der Waals surface area (Å²) in [5, 5.41) is 0. The van der Waals surface area contributed by atoms with E-state index in [1.807, 2.05) is 6.92 Å². The lowest BCUT2D eigenvalue weighted by molar-refractivity contribution is 0.0613. The first kappa shape index (κ1) is 7.73. The van der Waals surface area contributed by atoms with Gasteiger partial charge in [0.05, 0.1) is 6.61 Å². The molecule has 0 aromatic heterocycles. The van der Waals surface area contributed by atoms with E-state index >= 15 is 0 Å². The maximum atomic E-state index is 13.0. The van der Waals surface area contributed by atoms with Gasteiger partial charge in [0.1, 0.15) is 11.9 Å². The van der Waals surface area contributed by atoms with Gasteiger partial charge >= 0.3 is 0 Å². The highest BCUT2D eigenvalue weighted by molar-refractivity contribution is 5.13. The van der Waals surface area contributed by atoms with E-state index in [4.69, 9.17) is 4.74 Å². The number of rotatable bonds is 1. The van der Waals surface area contributed by atoms with Crippen molar-refractivity contribution in [3.05, 3.63) is 11.4 Å². The van der Waals surface area contributed by atoms with Gasteiger partial charge in [0, 0.05) is 0 Å². The van der Waals surface area contributed by atoms with Crippen molar-refractivity contribution in [1.29, 1.82) is 0 Å². The Balaban J connectivity index is 2.72. The normalized spacial score (nSPS) is 27.3. The van der Waals surface area contributed by atoms with Gasteiger partial charge in [0.25, 0.3) is 0 Å². The van der Waals surface area contributed by atoms with E-state index in [1.165, 1.54) is 0 Å². The van der Waals surface area contributed by atoms with Crippen LogP contribution >= 0.6 is 0 Å². The number of hydrogen-bond acceptors (Lipinski definition) is 1. The van der Waals surface area contributed by atoms with Gasteiger partial charge in [-0.15, -0.1) is 0 Å². The second-order valence-corrected chi connectivity index (χ2v) is 2.57. The summed E-state index contributed by atoms with van der Waals surface area (Å²) in [5.74, 6) is -0.0475. The topological polar surface area (TPSA) is 9.23 Å². The molecule has 10 heavy (non-hydrogen) atoms. The Morgan fingerprint density at radius 1 is 1.70 bits per heavy atom. The molecule has 1 unspecified atom stereocenters. The highest BCUT2D eigenvalue weighted by Gasteiger charge is 2.18. The molecule has 2 heteroatoms. The zero-order chi connectivity index (χ0) is 7.56. The Morgan fingerprint density at radius 2 is 2.40 bits per heavy atom. The quantitative estimate of drug-likeness (QED) is 0.549. The Labute approximate surface area is 60.9 Å². The Morgan fingerprint density at radius 3 is 2.90 bits per heavy atom. The number of ether oxygens (including phenoxy) is 1. The second-order valence-electron chi connectivity index (χ2n) is 2.57. The third-order valence-electron chi connectivity index (χ3n) is 1.89. The molecule has 0 aromatic carbocycles. The van der Waals surface area contributed by atoms with Crippen molar-refractivity contribution in [3.8, 4) is 0 Å². The van der Waals surface area contributed by atoms with E-state index in [0.29, 0.717) is 6.61 Å². The van der Waals surface area contributed by atoms with Gasteiger partial charge in [-0.25, -0.2) is 4.39 Å². The second kappa shape index (κ2) is 3.15. The monoisotopic (exact) mass is 144 g/mol. The highest BCUT2D eigenvalue weighted by atomic mass is 19.1. The average Bonchev–Trinajstić information content (AvgIpc) is 1.95. The van der Waals surface area contributed by atoms with Crippen LogP contribution in [0.5, 0.6) is 0 Å². The number of halogens is 1. The van der Waals surface area contributed by atoms with Crippen LogP contribution in [0.25, 0.3) is 0 Å². The van der Waals surface area contributed by atoms with Crippen LogP contribution in [0.4, 0.5) is 4.39 Å². The molecular weight excluding hydrogens is 131 g/mol. The van der Waals surface area contributed by atoms with Crippen molar-refractivity contribution in [2.45, 2.75) is 32.8 Å². The van der Waals surface area contributed by atoms with Crippen molar-refractivity contribution >= 4 is 0 Å². The molecule has 0 bridgehead atoms. The highest BCUT2D eigenvalue weighted by Crippen LogP contribution is 2.24. The lowest BCUT2D eigenvalue weighted by atomic mass is 10.1. The first-order valence-electron chi connectivity index (χ1n) is 3.74.